The molecule has 1 unspecified atom stereocenters. The number of para-hydroxylation sites is 1. The van der Waals surface area contributed by atoms with E-state index in [4.69, 9.17) is 16.6 Å². The molecule has 1 aromatic heterocycles. The highest BCUT2D eigenvalue weighted by molar-refractivity contribution is 6.35. The average Bonchev–Trinajstić information content (AvgIpc) is 3.04. The number of benzene rings is 3. The Labute approximate surface area is 178 Å². The first-order valence-electron chi connectivity index (χ1n) is 9.68. The Hall–Kier alpha value is -3.50. The second-order valence-electron chi connectivity index (χ2n) is 7.31. The zero-order valence-corrected chi connectivity index (χ0v) is 16.9. The van der Waals surface area contributed by atoms with E-state index in [0.29, 0.717) is 27.4 Å². The Morgan fingerprint density at radius 2 is 1.47 bits per heavy atom. The van der Waals surface area contributed by atoms with Crippen LogP contribution in [-0.4, -0.2) is 21.7 Å². The zero-order chi connectivity index (χ0) is 20.8. The minimum Gasteiger partial charge on any atom is -0.269 e. The van der Waals surface area contributed by atoms with Crippen molar-refractivity contribution in [3.05, 3.63) is 101 Å². The van der Waals surface area contributed by atoms with Gasteiger partial charge in [-0.25, -0.2) is 4.98 Å². The molecule has 4 aromatic rings. The summed E-state index contributed by atoms with van der Waals surface area (Å²) < 4.78 is 0. The number of amides is 2. The number of hydrogen-bond donors (Lipinski definition) is 0. The summed E-state index contributed by atoms with van der Waals surface area (Å²) in [4.78, 5) is 32.3. The van der Waals surface area contributed by atoms with E-state index in [9.17, 15) is 9.59 Å². The summed E-state index contributed by atoms with van der Waals surface area (Å²) in [5.74, 6) is -0.568. The SMILES string of the molecule is CC(c1cc2cccc(Cl)c2nc1-c1ccccc1)N1C(=O)c2ccccc2C1=O. The van der Waals surface area contributed by atoms with Crippen LogP contribution >= 0.6 is 11.6 Å². The largest absolute Gasteiger partial charge is 0.269 e. The number of hydrogen-bond acceptors (Lipinski definition) is 3. The number of rotatable bonds is 3. The molecule has 0 fully saturated rings. The van der Waals surface area contributed by atoms with E-state index in [1.807, 2.05) is 55.5 Å². The number of halogens is 1. The second-order valence-corrected chi connectivity index (χ2v) is 7.71. The van der Waals surface area contributed by atoms with Gasteiger partial charge in [0.2, 0.25) is 0 Å². The van der Waals surface area contributed by atoms with Crippen molar-refractivity contribution >= 4 is 34.3 Å². The molecule has 0 N–H and O–H groups in total. The molecule has 2 heterocycles. The second kappa shape index (κ2) is 7.08. The highest BCUT2D eigenvalue weighted by atomic mass is 35.5. The van der Waals surface area contributed by atoms with Gasteiger partial charge in [0.25, 0.3) is 11.8 Å². The van der Waals surface area contributed by atoms with Crippen molar-refractivity contribution in [2.75, 3.05) is 0 Å². The van der Waals surface area contributed by atoms with Crippen LogP contribution in [0.15, 0.2) is 78.9 Å². The zero-order valence-electron chi connectivity index (χ0n) is 16.2. The first-order chi connectivity index (χ1) is 14.6. The smallest absolute Gasteiger partial charge is 0.262 e. The van der Waals surface area contributed by atoms with Crippen molar-refractivity contribution in [1.82, 2.24) is 9.88 Å². The first-order valence-corrected chi connectivity index (χ1v) is 10.1. The van der Waals surface area contributed by atoms with Gasteiger partial charge in [-0.1, -0.05) is 66.2 Å². The van der Waals surface area contributed by atoms with E-state index < -0.39 is 6.04 Å². The summed E-state index contributed by atoms with van der Waals surface area (Å²) >= 11 is 6.40. The fourth-order valence-electron chi connectivity index (χ4n) is 4.02. The van der Waals surface area contributed by atoms with Crippen LogP contribution in [0.2, 0.25) is 5.02 Å². The van der Waals surface area contributed by atoms with Gasteiger partial charge >= 0.3 is 0 Å². The number of carbonyl (C=O) groups is 2. The lowest BCUT2D eigenvalue weighted by Crippen LogP contribution is -2.33. The van der Waals surface area contributed by atoms with Gasteiger partial charge in [0.15, 0.2) is 0 Å². The Morgan fingerprint density at radius 3 is 2.13 bits per heavy atom. The standard InChI is InChI=1S/C25H17ClN2O2/c1-15(28-24(29)18-11-5-6-12-19(18)25(28)30)20-14-17-10-7-13-21(26)23(17)27-22(20)16-8-3-2-4-9-16/h2-15H,1H3. The molecule has 0 bridgehead atoms. The molecule has 3 aromatic carbocycles. The number of imide groups is 1. The predicted molar refractivity (Wildman–Crippen MR) is 118 cm³/mol. The van der Waals surface area contributed by atoms with Crippen LogP contribution < -0.4 is 0 Å². The lowest BCUT2D eigenvalue weighted by atomic mass is 9.97. The van der Waals surface area contributed by atoms with Crippen molar-refractivity contribution in [2.45, 2.75) is 13.0 Å². The molecule has 30 heavy (non-hydrogen) atoms. The van der Waals surface area contributed by atoms with Crippen molar-refractivity contribution in [1.29, 1.82) is 0 Å². The fraction of sp³-hybridized carbons (Fsp3) is 0.0800. The molecular weight excluding hydrogens is 396 g/mol. The van der Waals surface area contributed by atoms with E-state index in [1.165, 1.54) is 4.90 Å². The highest BCUT2D eigenvalue weighted by Crippen LogP contribution is 2.37. The summed E-state index contributed by atoms with van der Waals surface area (Å²) in [6, 6.07) is 23.7. The topological polar surface area (TPSA) is 50.3 Å². The number of pyridine rings is 1. The number of fused-ring (bicyclic) bond motifs is 2. The lowest BCUT2D eigenvalue weighted by molar-refractivity contribution is 0.0595. The van der Waals surface area contributed by atoms with Crippen LogP contribution in [0, 0.1) is 0 Å². The van der Waals surface area contributed by atoms with Crippen molar-refractivity contribution in [3.63, 3.8) is 0 Å². The molecule has 0 aliphatic carbocycles. The molecule has 146 valence electrons. The molecule has 4 nitrogen and oxygen atoms in total. The quantitative estimate of drug-likeness (QED) is 0.393. The van der Waals surface area contributed by atoms with Gasteiger partial charge in [0, 0.05) is 16.5 Å². The Balaban J connectivity index is 1.70. The summed E-state index contributed by atoms with van der Waals surface area (Å²) in [7, 11) is 0. The van der Waals surface area contributed by atoms with Gasteiger partial charge in [-0.2, -0.15) is 0 Å². The summed E-state index contributed by atoms with van der Waals surface area (Å²) in [5, 5.41) is 1.42. The van der Waals surface area contributed by atoms with Crippen molar-refractivity contribution in [2.24, 2.45) is 0 Å². The number of nitrogens with zero attached hydrogens (tertiary/aromatic N) is 2. The van der Waals surface area contributed by atoms with Crippen LogP contribution in [0.3, 0.4) is 0 Å². The van der Waals surface area contributed by atoms with Gasteiger partial charge in [-0.15, -0.1) is 0 Å². The van der Waals surface area contributed by atoms with Crippen LogP contribution in [0.4, 0.5) is 0 Å². The maximum absolute atomic E-state index is 13.1. The third-order valence-electron chi connectivity index (χ3n) is 5.54. The highest BCUT2D eigenvalue weighted by Gasteiger charge is 2.39. The summed E-state index contributed by atoms with van der Waals surface area (Å²) in [6.07, 6.45) is 0. The van der Waals surface area contributed by atoms with Gasteiger partial charge in [-0.05, 0) is 31.2 Å². The van der Waals surface area contributed by atoms with Crippen LogP contribution in [0.1, 0.15) is 39.2 Å². The molecule has 0 spiro atoms. The first kappa shape index (κ1) is 18.5. The maximum Gasteiger partial charge on any atom is 0.262 e. The van der Waals surface area contributed by atoms with Crippen molar-refractivity contribution < 1.29 is 9.59 Å². The average molecular weight is 413 g/mol. The van der Waals surface area contributed by atoms with Gasteiger partial charge < -0.3 is 0 Å². The molecular formula is C25H17ClN2O2. The molecule has 1 aliphatic rings. The lowest BCUT2D eigenvalue weighted by Gasteiger charge is -2.25. The number of carbonyl (C=O) groups excluding carboxylic acids is 2. The molecule has 5 heteroatoms. The summed E-state index contributed by atoms with van der Waals surface area (Å²) in [6.45, 7) is 1.86. The molecule has 5 rings (SSSR count). The van der Waals surface area contributed by atoms with Gasteiger partial charge in [0.05, 0.1) is 33.4 Å². The van der Waals surface area contributed by atoms with Crippen LogP contribution in [-0.2, 0) is 0 Å². The minimum atomic E-state index is -0.497. The molecule has 2 amide bonds. The molecule has 0 radical (unpaired) electrons. The fourth-order valence-corrected chi connectivity index (χ4v) is 4.25. The van der Waals surface area contributed by atoms with Gasteiger partial charge in [0.1, 0.15) is 0 Å². The normalized spacial score (nSPS) is 14.3. The van der Waals surface area contributed by atoms with Crippen molar-refractivity contribution in [3.8, 4) is 11.3 Å². The molecule has 1 aliphatic heterocycles. The Morgan fingerprint density at radius 1 is 0.833 bits per heavy atom. The Kier molecular flexibility index (Phi) is 4.37. The molecule has 1 atom stereocenters. The maximum atomic E-state index is 13.1. The third kappa shape index (κ3) is 2.80. The van der Waals surface area contributed by atoms with E-state index in [0.717, 1.165) is 16.5 Å². The number of aromatic nitrogens is 1. The van der Waals surface area contributed by atoms with E-state index in [1.54, 1.807) is 30.3 Å². The third-order valence-corrected chi connectivity index (χ3v) is 5.84. The predicted octanol–water partition coefficient (Wildman–Crippen LogP) is 5.91. The van der Waals surface area contributed by atoms with E-state index >= 15 is 0 Å². The molecule has 0 saturated heterocycles. The van der Waals surface area contributed by atoms with Gasteiger partial charge in [-0.3, -0.25) is 14.5 Å². The minimum absolute atomic E-state index is 0.284. The summed E-state index contributed by atoms with van der Waals surface area (Å²) in [5.41, 5.74) is 3.97. The Bertz CT molecular complexity index is 1280. The van der Waals surface area contributed by atoms with E-state index in [-0.39, 0.29) is 11.8 Å². The van der Waals surface area contributed by atoms with Crippen LogP contribution in [0.25, 0.3) is 22.2 Å². The van der Waals surface area contributed by atoms with Crippen LogP contribution in [0.5, 0.6) is 0 Å². The van der Waals surface area contributed by atoms with E-state index in [2.05, 4.69) is 0 Å². The molecule has 0 saturated carbocycles. The monoisotopic (exact) mass is 412 g/mol.